The van der Waals surface area contributed by atoms with E-state index in [1.165, 1.54) is 11.1 Å². The fourth-order valence-corrected chi connectivity index (χ4v) is 2.28. The molecule has 1 atom stereocenters. The molecule has 1 aliphatic rings. The fraction of sp³-hybridized carbons (Fsp3) is 0.467. The Morgan fingerprint density at radius 1 is 1.29 bits per heavy atom. The summed E-state index contributed by atoms with van der Waals surface area (Å²) in [4.78, 5) is 2.45. The van der Waals surface area contributed by atoms with Crippen molar-refractivity contribution in [3.63, 3.8) is 0 Å². The lowest BCUT2D eigenvalue weighted by Gasteiger charge is -2.28. The summed E-state index contributed by atoms with van der Waals surface area (Å²) in [5, 5.41) is 9.13. The second kappa shape index (κ2) is 5.99. The first-order chi connectivity index (χ1) is 8.29. The molecule has 2 heteroatoms. The van der Waals surface area contributed by atoms with Crippen molar-refractivity contribution < 1.29 is 5.11 Å². The van der Waals surface area contributed by atoms with Crippen molar-refractivity contribution in [3.05, 3.63) is 47.5 Å². The topological polar surface area (TPSA) is 23.5 Å². The van der Waals surface area contributed by atoms with E-state index in [0.717, 1.165) is 26.1 Å². The molecule has 1 aromatic carbocycles. The maximum absolute atomic E-state index is 9.13. The smallest absolute Gasteiger partial charge is 0.0493 e. The third kappa shape index (κ3) is 3.42. The number of rotatable bonds is 4. The van der Waals surface area contributed by atoms with Crippen LogP contribution in [0, 0.1) is 5.92 Å². The van der Waals surface area contributed by atoms with Gasteiger partial charge < -0.3 is 5.11 Å². The molecule has 0 saturated heterocycles. The Balaban J connectivity index is 1.89. The lowest BCUT2D eigenvalue weighted by Crippen LogP contribution is -2.29. The molecule has 0 aromatic heterocycles. The van der Waals surface area contributed by atoms with Crippen molar-refractivity contribution >= 4 is 0 Å². The van der Waals surface area contributed by atoms with Crippen molar-refractivity contribution in [1.82, 2.24) is 4.90 Å². The molecule has 2 rings (SSSR count). The summed E-state index contributed by atoms with van der Waals surface area (Å²) in [6, 6.07) is 10.6. The Bertz CT molecular complexity index is 372. The van der Waals surface area contributed by atoms with Crippen molar-refractivity contribution in [2.75, 3.05) is 19.7 Å². The predicted molar refractivity (Wildman–Crippen MR) is 70.7 cm³/mol. The maximum Gasteiger partial charge on any atom is 0.0493 e. The summed E-state index contributed by atoms with van der Waals surface area (Å²) in [5.74, 6) is 0.328. The maximum atomic E-state index is 9.13. The molecular weight excluding hydrogens is 210 g/mol. The van der Waals surface area contributed by atoms with Gasteiger partial charge in [0.15, 0.2) is 0 Å². The van der Waals surface area contributed by atoms with E-state index < -0.39 is 0 Å². The van der Waals surface area contributed by atoms with Crippen LogP contribution in [0.25, 0.3) is 0 Å². The molecule has 1 aliphatic heterocycles. The summed E-state index contributed by atoms with van der Waals surface area (Å²) in [5.41, 5.74) is 2.79. The Morgan fingerprint density at radius 2 is 2.06 bits per heavy atom. The largest absolute Gasteiger partial charge is 0.396 e. The van der Waals surface area contributed by atoms with Crippen molar-refractivity contribution in [2.24, 2.45) is 5.92 Å². The van der Waals surface area contributed by atoms with Gasteiger partial charge in [-0.25, -0.2) is 0 Å². The molecular formula is C15H21NO. The van der Waals surface area contributed by atoms with Gasteiger partial charge in [-0.2, -0.15) is 0 Å². The van der Waals surface area contributed by atoms with Gasteiger partial charge in [0.1, 0.15) is 0 Å². The Labute approximate surface area is 104 Å². The van der Waals surface area contributed by atoms with Gasteiger partial charge in [0.2, 0.25) is 0 Å². The molecule has 1 N–H and O–H groups in total. The molecule has 0 saturated carbocycles. The third-order valence-electron chi connectivity index (χ3n) is 3.48. The Morgan fingerprint density at radius 3 is 2.65 bits per heavy atom. The van der Waals surface area contributed by atoms with Crippen molar-refractivity contribution in [1.29, 1.82) is 0 Å². The van der Waals surface area contributed by atoms with Gasteiger partial charge in [-0.1, -0.05) is 48.9 Å². The number of nitrogens with zero attached hydrogens (tertiary/aromatic N) is 1. The van der Waals surface area contributed by atoms with Gasteiger partial charge in [-0.3, -0.25) is 4.90 Å². The van der Waals surface area contributed by atoms with Crippen LogP contribution in [0.5, 0.6) is 0 Å². The number of hydrogen-bond donors (Lipinski definition) is 1. The Hall–Kier alpha value is -1.12. The molecule has 2 nitrogen and oxygen atoms in total. The van der Waals surface area contributed by atoms with Crippen LogP contribution >= 0.6 is 0 Å². The van der Waals surface area contributed by atoms with E-state index in [1.807, 2.05) is 0 Å². The van der Waals surface area contributed by atoms with E-state index in [4.69, 9.17) is 5.11 Å². The van der Waals surface area contributed by atoms with E-state index in [-0.39, 0.29) is 6.61 Å². The van der Waals surface area contributed by atoms with Gasteiger partial charge >= 0.3 is 0 Å². The normalized spacial score (nSPS) is 18.8. The van der Waals surface area contributed by atoms with E-state index in [2.05, 4.69) is 48.2 Å². The average Bonchev–Trinajstić information content (AvgIpc) is 2.40. The van der Waals surface area contributed by atoms with Crippen LogP contribution in [-0.2, 0) is 6.54 Å². The Kier molecular flexibility index (Phi) is 4.35. The fourth-order valence-electron chi connectivity index (χ4n) is 2.28. The summed E-state index contributed by atoms with van der Waals surface area (Å²) in [6.07, 6.45) is 3.38. The quantitative estimate of drug-likeness (QED) is 0.805. The molecule has 0 radical (unpaired) electrons. The first-order valence-electron chi connectivity index (χ1n) is 6.35. The molecule has 1 unspecified atom stereocenters. The summed E-state index contributed by atoms with van der Waals surface area (Å²) in [6.45, 7) is 5.50. The summed E-state index contributed by atoms with van der Waals surface area (Å²) in [7, 11) is 0. The lowest BCUT2D eigenvalue weighted by molar-refractivity contribution is 0.237. The number of aliphatic hydroxyl groups is 1. The summed E-state index contributed by atoms with van der Waals surface area (Å²) < 4.78 is 0. The predicted octanol–water partition coefficient (Wildman–Crippen LogP) is 2.45. The van der Waals surface area contributed by atoms with Crippen LogP contribution in [0.1, 0.15) is 18.9 Å². The zero-order valence-corrected chi connectivity index (χ0v) is 10.5. The van der Waals surface area contributed by atoms with Crippen LogP contribution in [-0.4, -0.2) is 29.7 Å². The average molecular weight is 231 g/mol. The highest BCUT2D eigenvalue weighted by Crippen LogP contribution is 2.20. The van der Waals surface area contributed by atoms with E-state index >= 15 is 0 Å². The van der Waals surface area contributed by atoms with Crippen molar-refractivity contribution in [3.8, 4) is 0 Å². The molecule has 0 aliphatic carbocycles. The molecule has 1 heterocycles. The molecule has 1 aromatic rings. The molecule has 0 spiro atoms. The standard InChI is InChI=1S/C15H21NO/c1-13(12-17)15-7-9-16(10-8-15)11-14-5-3-2-4-6-14/h2-7,13,17H,8-12H2,1H3. The first-order valence-corrected chi connectivity index (χ1v) is 6.35. The van der Waals surface area contributed by atoms with E-state index in [0.29, 0.717) is 5.92 Å². The van der Waals surface area contributed by atoms with Crippen LogP contribution in [0.2, 0.25) is 0 Å². The molecule has 92 valence electrons. The summed E-state index contributed by atoms with van der Waals surface area (Å²) >= 11 is 0. The highest BCUT2D eigenvalue weighted by molar-refractivity contribution is 5.16. The van der Waals surface area contributed by atoms with Gasteiger partial charge in [-0.15, -0.1) is 0 Å². The zero-order valence-electron chi connectivity index (χ0n) is 10.5. The molecule has 0 amide bonds. The van der Waals surface area contributed by atoms with Crippen LogP contribution in [0.3, 0.4) is 0 Å². The minimum absolute atomic E-state index is 0.268. The van der Waals surface area contributed by atoms with Crippen LogP contribution in [0.15, 0.2) is 42.0 Å². The number of hydrogen-bond acceptors (Lipinski definition) is 2. The molecule has 17 heavy (non-hydrogen) atoms. The molecule has 0 bridgehead atoms. The monoisotopic (exact) mass is 231 g/mol. The van der Waals surface area contributed by atoms with Crippen molar-refractivity contribution in [2.45, 2.75) is 19.9 Å². The first kappa shape index (κ1) is 12.3. The van der Waals surface area contributed by atoms with E-state index in [1.54, 1.807) is 0 Å². The van der Waals surface area contributed by atoms with Gasteiger partial charge in [0, 0.05) is 32.2 Å². The van der Waals surface area contributed by atoms with Gasteiger partial charge in [0.05, 0.1) is 0 Å². The number of benzene rings is 1. The molecule has 0 fully saturated rings. The minimum atomic E-state index is 0.268. The lowest BCUT2D eigenvalue weighted by atomic mass is 9.96. The van der Waals surface area contributed by atoms with Gasteiger partial charge in [-0.05, 0) is 12.0 Å². The highest BCUT2D eigenvalue weighted by Gasteiger charge is 2.15. The highest BCUT2D eigenvalue weighted by atomic mass is 16.3. The SMILES string of the molecule is CC(CO)C1=CCN(Cc2ccccc2)CC1. The van der Waals surface area contributed by atoms with Gasteiger partial charge in [0.25, 0.3) is 0 Å². The zero-order chi connectivity index (χ0) is 12.1. The number of aliphatic hydroxyl groups excluding tert-OH is 1. The van der Waals surface area contributed by atoms with Crippen LogP contribution < -0.4 is 0 Å². The van der Waals surface area contributed by atoms with Crippen LogP contribution in [0.4, 0.5) is 0 Å². The third-order valence-corrected chi connectivity index (χ3v) is 3.48. The second-order valence-electron chi connectivity index (χ2n) is 4.83. The second-order valence-corrected chi connectivity index (χ2v) is 4.83. The minimum Gasteiger partial charge on any atom is -0.396 e. The van der Waals surface area contributed by atoms with E-state index in [9.17, 15) is 0 Å².